The van der Waals surface area contributed by atoms with Crippen LogP contribution in [-0.2, 0) is 0 Å². The Morgan fingerprint density at radius 3 is 2.72 bits per heavy atom. The number of aliphatic hydroxyl groups is 1. The van der Waals surface area contributed by atoms with E-state index in [0.717, 1.165) is 12.5 Å². The van der Waals surface area contributed by atoms with Crippen molar-refractivity contribution in [1.82, 2.24) is 0 Å². The average molecular weight is 260 g/mol. The summed E-state index contributed by atoms with van der Waals surface area (Å²) in [7, 11) is 0. The van der Waals surface area contributed by atoms with E-state index in [1.54, 1.807) is 0 Å². The van der Waals surface area contributed by atoms with Gasteiger partial charge in [0.25, 0.3) is 0 Å². The summed E-state index contributed by atoms with van der Waals surface area (Å²) in [5.41, 5.74) is -1.09. The lowest BCUT2D eigenvalue weighted by Gasteiger charge is -2.12. The van der Waals surface area contributed by atoms with Crippen LogP contribution in [0.4, 0.5) is 20.2 Å². The fraction of sp³-hybridized carbons (Fsp3) is 0.455. The van der Waals surface area contributed by atoms with Crippen LogP contribution in [0, 0.1) is 21.7 Å². The number of aliphatic hydroxyl groups excluding tert-OH is 1. The highest BCUT2D eigenvalue weighted by Gasteiger charge is 2.22. The van der Waals surface area contributed by atoms with Gasteiger partial charge < -0.3 is 10.4 Å². The summed E-state index contributed by atoms with van der Waals surface area (Å²) in [6.45, 7) is 1.87. The van der Waals surface area contributed by atoms with Crippen LogP contribution in [-0.4, -0.2) is 22.7 Å². The highest BCUT2D eigenvalue weighted by atomic mass is 19.1. The molecule has 0 bridgehead atoms. The van der Waals surface area contributed by atoms with Crippen LogP contribution in [0.25, 0.3) is 0 Å². The summed E-state index contributed by atoms with van der Waals surface area (Å²) in [4.78, 5) is 9.74. The largest absolute Gasteiger partial charge is 0.391 e. The monoisotopic (exact) mass is 260 g/mol. The van der Waals surface area contributed by atoms with Crippen molar-refractivity contribution in [2.75, 3.05) is 11.9 Å². The van der Waals surface area contributed by atoms with Crippen LogP contribution >= 0.6 is 0 Å². The van der Waals surface area contributed by atoms with E-state index in [1.807, 2.05) is 6.92 Å². The van der Waals surface area contributed by atoms with E-state index in [2.05, 4.69) is 5.32 Å². The van der Waals surface area contributed by atoms with Crippen molar-refractivity contribution >= 4 is 11.4 Å². The fourth-order valence-corrected chi connectivity index (χ4v) is 1.55. The van der Waals surface area contributed by atoms with Crippen LogP contribution in [0.3, 0.4) is 0 Å². The van der Waals surface area contributed by atoms with Crippen molar-refractivity contribution in [2.24, 2.45) is 0 Å². The van der Waals surface area contributed by atoms with E-state index in [4.69, 9.17) is 0 Å². The predicted octanol–water partition coefficient (Wildman–Crippen LogP) is 2.45. The number of benzene rings is 1. The first-order valence-electron chi connectivity index (χ1n) is 5.51. The molecule has 7 heteroatoms. The summed E-state index contributed by atoms with van der Waals surface area (Å²) in [5, 5.41) is 22.6. The molecule has 0 radical (unpaired) electrons. The quantitative estimate of drug-likeness (QED) is 0.608. The summed E-state index contributed by atoms with van der Waals surface area (Å²) >= 11 is 0. The van der Waals surface area contributed by atoms with Crippen molar-refractivity contribution in [3.05, 3.63) is 33.9 Å². The topological polar surface area (TPSA) is 75.4 Å². The zero-order chi connectivity index (χ0) is 13.7. The molecule has 0 fully saturated rings. The third-order valence-corrected chi connectivity index (χ3v) is 2.36. The zero-order valence-corrected chi connectivity index (χ0v) is 9.82. The SMILES string of the molecule is CCCC(O)CNc1cc(F)cc(F)c1[N+](=O)[O-]. The normalized spacial score (nSPS) is 12.2. The third kappa shape index (κ3) is 3.63. The van der Waals surface area contributed by atoms with Gasteiger partial charge in [-0.15, -0.1) is 0 Å². The Morgan fingerprint density at radius 1 is 1.50 bits per heavy atom. The molecule has 0 heterocycles. The molecule has 0 spiro atoms. The standard InChI is InChI=1S/C11H14F2N2O3/c1-2-3-8(16)6-14-10-5-7(12)4-9(13)11(10)15(17)18/h4-5,8,14,16H,2-3,6H2,1H3. The van der Waals surface area contributed by atoms with Crippen LogP contribution < -0.4 is 5.32 Å². The second-order valence-electron chi connectivity index (χ2n) is 3.86. The van der Waals surface area contributed by atoms with Crippen molar-refractivity contribution in [2.45, 2.75) is 25.9 Å². The average Bonchev–Trinajstić information content (AvgIpc) is 2.25. The molecule has 0 aliphatic heterocycles. The number of rotatable bonds is 6. The maximum Gasteiger partial charge on any atom is 0.327 e. The number of nitro groups is 1. The Labute approximate surface area is 103 Å². The molecule has 1 unspecified atom stereocenters. The lowest BCUT2D eigenvalue weighted by molar-refractivity contribution is -0.386. The highest BCUT2D eigenvalue weighted by molar-refractivity contribution is 5.62. The first kappa shape index (κ1) is 14.3. The molecule has 0 aliphatic carbocycles. The van der Waals surface area contributed by atoms with Gasteiger partial charge >= 0.3 is 5.69 Å². The Hall–Kier alpha value is -1.76. The summed E-state index contributed by atoms with van der Waals surface area (Å²) in [6, 6.07) is 1.28. The molecule has 1 rings (SSSR count). The maximum absolute atomic E-state index is 13.3. The van der Waals surface area contributed by atoms with Crippen LogP contribution in [0.1, 0.15) is 19.8 Å². The van der Waals surface area contributed by atoms with Gasteiger partial charge in [0.15, 0.2) is 0 Å². The fourth-order valence-electron chi connectivity index (χ4n) is 1.55. The van der Waals surface area contributed by atoms with Gasteiger partial charge in [-0.3, -0.25) is 10.1 Å². The Bertz CT molecular complexity index is 441. The number of nitro benzene ring substituents is 1. The predicted molar refractivity (Wildman–Crippen MR) is 62.4 cm³/mol. The summed E-state index contributed by atoms with van der Waals surface area (Å²) in [5.74, 6) is -2.15. The van der Waals surface area contributed by atoms with E-state index < -0.39 is 28.3 Å². The van der Waals surface area contributed by atoms with Crippen LogP contribution in [0.15, 0.2) is 12.1 Å². The molecular formula is C11H14F2N2O3. The first-order chi connectivity index (χ1) is 8.45. The third-order valence-electron chi connectivity index (χ3n) is 2.36. The molecule has 100 valence electrons. The smallest absolute Gasteiger partial charge is 0.327 e. The van der Waals surface area contributed by atoms with Gasteiger partial charge in [0.05, 0.1) is 11.0 Å². The molecule has 18 heavy (non-hydrogen) atoms. The molecule has 0 amide bonds. The molecule has 2 N–H and O–H groups in total. The van der Waals surface area contributed by atoms with Gasteiger partial charge in [-0.2, -0.15) is 4.39 Å². The van der Waals surface area contributed by atoms with Crippen molar-refractivity contribution < 1.29 is 18.8 Å². The summed E-state index contributed by atoms with van der Waals surface area (Å²) < 4.78 is 26.2. The van der Waals surface area contributed by atoms with E-state index in [0.29, 0.717) is 12.5 Å². The molecule has 0 saturated heterocycles. The van der Waals surface area contributed by atoms with Gasteiger partial charge in [0, 0.05) is 18.7 Å². The minimum absolute atomic E-state index is 0.00241. The number of nitrogens with one attached hydrogen (secondary N) is 1. The van der Waals surface area contributed by atoms with E-state index >= 15 is 0 Å². The number of anilines is 1. The highest BCUT2D eigenvalue weighted by Crippen LogP contribution is 2.28. The lowest BCUT2D eigenvalue weighted by atomic mass is 10.2. The molecule has 1 aromatic rings. The van der Waals surface area contributed by atoms with Crippen molar-refractivity contribution in [3.63, 3.8) is 0 Å². The first-order valence-corrected chi connectivity index (χ1v) is 5.51. The number of halogens is 2. The molecule has 0 saturated carbocycles. The van der Waals surface area contributed by atoms with Gasteiger partial charge in [-0.05, 0) is 6.42 Å². The van der Waals surface area contributed by atoms with Gasteiger partial charge in [-0.1, -0.05) is 13.3 Å². The number of hydrogen-bond acceptors (Lipinski definition) is 4. The second-order valence-corrected chi connectivity index (χ2v) is 3.86. The molecule has 5 nitrogen and oxygen atoms in total. The van der Waals surface area contributed by atoms with E-state index in [1.165, 1.54) is 0 Å². The van der Waals surface area contributed by atoms with E-state index in [-0.39, 0.29) is 12.2 Å². The number of hydrogen-bond donors (Lipinski definition) is 2. The molecular weight excluding hydrogens is 246 g/mol. The molecule has 1 aromatic carbocycles. The minimum Gasteiger partial charge on any atom is -0.391 e. The van der Waals surface area contributed by atoms with E-state index in [9.17, 15) is 24.0 Å². The van der Waals surface area contributed by atoms with Gasteiger partial charge in [-0.25, -0.2) is 4.39 Å². The van der Waals surface area contributed by atoms with Gasteiger partial charge in [0.1, 0.15) is 11.5 Å². The van der Waals surface area contributed by atoms with Crippen molar-refractivity contribution in [1.29, 1.82) is 0 Å². The summed E-state index contributed by atoms with van der Waals surface area (Å²) in [6.07, 6.45) is 0.516. The second kappa shape index (κ2) is 6.25. The molecule has 1 atom stereocenters. The maximum atomic E-state index is 13.3. The zero-order valence-electron chi connectivity index (χ0n) is 9.82. The van der Waals surface area contributed by atoms with Gasteiger partial charge in [0.2, 0.25) is 5.82 Å². The molecule has 0 aromatic heterocycles. The lowest BCUT2D eigenvalue weighted by Crippen LogP contribution is -2.19. The number of nitrogens with zero attached hydrogens (tertiary/aromatic N) is 1. The Balaban J connectivity index is 2.90. The van der Waals surface area contributed by atoms with Crippen LogP contribution in [0.5, 0.6) is 0 Å². The molecule has 0 aliphatic rings. The Kier molecular flexibility index (Phi) is 4.96. The minimum atomic E-state index is -1.24. The van der Waals surface area contributed by atoms with Crippen molar-refractivity contribution in [3.8, 4) is 0 Å². The van der Waals surface area contributed by atoms with Crippen LogP contribution in [0.2, 0.25) is 0 Å². The Morgan fingerprint density at radius 2 is 2.17 bits per heavy atom.